The Morgan fingerprint density at radius 2 is 1.97 bits per heavy atom. The van der Waals surface area contributed by atoms with Crippen LogP contribution < -0.4 is 15.8 Å². The van der Waals surface area contributed by atoms with E-state index in [-0.39, 0.29) is 11.5 Å². The molecule has 4 rings (SSSR count). The molecule has 1 aliphatic heterocycles. The van der Waals surface area contributed by atoms with Crippen LogP contribution in [0.3, 0.4) is 0 Å². The first-order valence-electron chi connectivity index (χ1n) is 11.1. The molecule has 0 bridgehead atoms. The third-order valence-electron chi connectivity index (χ3n) is 6.25. The van der Waals surface area contributed by atoms with Gasteiger partial charge in [0.05, 0.1) is 22.9 Å². The van der Waals surface area contributed by atoms with Crippen LogP contribution in [0.15, 0.2) is 41.5 Å². The minimum absolute atomic E-state index is 0.0365. The van der Waals surface area contributed by atoms with Crippen molar-refractivity contribution >= 4 is 22.6 Å². The molecule has 4 heterocycles. The number of aryl methyl sites for hydroxylation is 1. The summed E-state index contributed by atoms with van der Waals surface area (Å²) < 4.78 is 0. The number of amides is 1. The van der Waals surface area contributed by atoms with Crippen LogP contribution in [0.1, 0.15) is 42.4 Å². The maximum atomic E-state index is 12.2. The SMILES string of the molecule is CCc1cc2ncc(CN3C[C@@H](C)N(c4ccc(C(=O)NC)nc4)C[C@H]3C)cc2[nH]c1=O. The van der Waals surface area contributed by atoms with Crippen molar-refractivity contribution in [3.8, 4) is 0 Å². The van der Waals surface area contributed by atoms with Crippen molar-refractivity contribution in [3.63, 3.8) is 0 Å². The van der Waals surface area contributed by atoms with Crippen LogP contribution in [-0.4, -0.2) is 58.0 Å². The zero-order valence-corrected chi connectivity index (χ0v) is 19.1. The molecule has 8 nitrogen and oxygen atoms in total. The lowest BCUT2D eigenvalue weighted by Crippen LogP contribution is -2.56. The topological polar surface area (TPSA) is 94.2 Å². The standard InChI is InChI=1S/C24H30N6O2/c1-5-18-9-21-22(28-23(18)31)8-17(10-26-21)14-29-12-16(3)30(13-15(29)2)19-6-7-20(27-11-19)24(32)25-4/h6-11,15-16H,5,12-14H2,1-4H3,(H,25,32)(H,28,31)/t15-,16-/m1/s1. The smallest absolute Gasteiger partial charge is 0.269 e. The van der Waals surface area contributed by atoms with E-state index in [9.17, 15) is 9.59 Å². The van der Waals surface area contributed by atoms with Gasteiger partial charge in [-0.15, -0.1) is 0 Å². The number of hydrogen-bond acceptors (Lipinski definition) is 6. The van der Waals surface area contributed by atoms with Crippen molar-refractivity contribution in [1.29, 1.82) is 0 Å². The van der Waals surface area contributed by atoms with Crippen molar-refractivity contribution in [2.45, 2.75) is 45.8 Å². The van der Waals surface area contributed by atoms with Gasteiger partial charge >= 0.3 is 0 Å². The highest BCUT2D eigenvalue weighted by Gasteiger charge is 2.29. The minimum atomic E-state index is -0.181. The van der Waals surface area contributed by atoms with Gasteiger partial charge in [0.2, 0.25) is 0 Å². The van der Waals surface area contributed by atoms with E-state index < -0.39 is 0 Å². The number of carbonyl (C=O) groups excluding carboxylic acids is 1. The number of hydrogen-bond donors (Lipinski definition) is 2. The van der Waals surface area contributed by atoms with E-state index in [0.717, 1.165) is 47.5 Å². The van der Waals surface area contributed by atoms with Crippen LogP contribution in [0.25, 0.3) is 11.0 Å². The van der Waals surface area contributed by atoms with Crippen molar-refractivity contribution in [2.24, 2.45) is 0 Å². The highest BCUT2D eigenvalue weighted by Crippen LogP contribution is 2.24. The number of nitrogens with zero attached hydrogens (tertiary/aromatic N) is 4. The molecule has 8 heteroatoms. The minimum Gasteiger partial charge on any atom is -0.365 e. The van der Waals surface area contributed by atoms with E-state index in [4.69, 9.17) is 0 Å². The normalized spacial score (nSPS) is 19.3. The summed E-state index contributed by atoms with van der Waals surface area (Å²) in [6.07, 6.45) is 4.38. The van der Waals surface area contributed by atoms with Crippen LogP contribution in [0.2, 0.25) is 0 Å². The Labute approximate surface area is 187 Å². The number of carbonyl (C=O) groups is 1. The number of anilines is 1. The summed E-state index contributed by atoms with van der Waals surface area (Å²) in [5.74, 6) is -0.181. The van der Waals surface area contributed by atoms with Gasteiger partial charge in [-0.05, 0) is 50.1 Å². The first kappa shape index (κ1) is 22.0. The molecule has 32 heavy (non-hydrogen) atoms. The molecular weight excluding hydrogens is 404 g/mol. The van der Waals surface area contributed by atoms with Gasteiger partial charge in [-0.2, -0.15) is 0 Å². The van der Waals surface area contributed by atoms with Gasteiger partial charge in [0.25, 0.3) is 11.5 Å². The quantitative estimate of drug-likeness (QED) is 0.640. The van der Waals surface area contributed by atoms with E-state index in [0.29, 0.717) is 24.2 Å². The van der Waals surface area contributed by atoms with Crippen molar-refractivity contribution in [3.05, 3.63) is 63.8 Å². The summed E-state index contributed by atoms with van der Waals surface area (Å²) >= 11 is 0. The third-order valence-corrected chi connectivity index (χ3v) is 6.25. The lowest BCUT2D eigenvalue weighted by atomic mass is 10.1. The van der Waals surface area contributed by atoms with Gasteiger partial charge in [0, 0.05) is 50.5 Å². The monoisotopic (exact) mass is 434 g/mol. The number of nitrogens with one attached hydrogen (secondary N) is 2. The van der Waals surface area contributed by atoms with Crippen LogP contribution in [0.4, 0.5) is 5.69 Å². The largest absolute Gasteiger partial charge is 0.365 e. The fraction of sp³-hybridized carbons (Fsp3) is 0.417. The van der Waals surface area contributed by atoms with Gasteiger partial charge in [0.1, 0.15) is 5.69 Å². The average molecular weight is 435 g/mol. The summed E-state index contributed by atoms with van der Waals surface area (Å²) in [5.41, 5.74) is 4.86. The molecular formula is C24H30N6O2. The summed E-state index contributed by atoms with van der Waals surface area (Å²) in [6.45, 7) is 8.91. The highest BCUT2D eigenvalue weighted by atomic mass is 16.1. The number of rotatable bonds is 5. The zero-order chi connectivity index (χ0) is 22.8. The molecule has 1 saturated heterocycles. The Morgan fingerprint density at radius 1 is 1.16 bits per heavy atom. The lowest BCUT2D eigenvalue weighted by Gasteiger charge is -2.45. The second-order valence-corrected chi connectivity index (χ2v) is 8.51. The Morgan fingerprint density at radius 3 is 2.66 bits per heavy atom. The summed E-state index contributed by atoms with van der Waals surface area (Å²) in [5, 5.41) is 2.60. The van der Waals surface area contributed by atoms with E-state index in [1.54, 1.807) is 19.3 Å². The van der Waals surface area contributed by atoms with Crippen LogP contribution >= 0.6 is 0 Å². The van der Waals surface area contributed by atoms with Crippen LogP contribution in [0, 0.1) is 0 Å². The molecule has 0 unspecified atom stereocenters. The Balaban J connectivity index is 1.48. The van der Waals surface area contributed by atoms with Crippen molar-refractivity contribution in [1.82, 2.24) is 25.2 Å². The van der Waals surface area contributed by atoms with E-state index >= 15 is 0 Å². The molecule has 2 atom stereocenters. The van der Waals surface area contributed by atoms with Crippen LogP contribution in [-0.2, 0) is 13.0 Å². The molecule has 1 aliphatic rings. The van der Waals surface area contributed by atoms with E-state index in [1.165, 1.54) is 0 Å². The molecule has 3 aromatic rings. The highest BCUT2D eigenvalue weighted by molar-refractivity contribution is 5.92. The van der Waals surface area contributed by atoms with Crippen molar-refractivity contribution < 1.29 is 4.79 Å². The van der Waals surface area contributed by atoms with E-state index in [2.05, 4.69) is 43.9 Å². The molecule has 3 aromatic heterocycles. The van der Waals surface area contributed by atoms with Gasteiger partial charge in [-0.25, -0.2) is 4.98 Å². The number of H-pyrrole nitrogens is 1. The molecule has 1 fully saturated rings. The number of aromatic amines is 1. The summed E-state index contributed by atoms with van der Waals surface area (Å²) in [7, 11) is 1.60. The fourth-order valence-electron chi connectivity index (χ4n) is 4.35. The van der Waals surface area contributed by atoms with E-state index in [1.807, 2.05) is 31.3 Å². The molecule has 0 radical (unpaired) electrons. The molecule has 0 spiro atoms. The maximum Gasteiger partial charge on any atom is 0.269 e. The van der Waals surface area contributed by atoms with Gasteiger partial charge < -0.3 is 15.2 Å². The number of aromatic nitrogens is 3. The van der Waals surface area contributed by atoms with Gasteiger partial charge in [0.15, 0.2) is 0 Å². The van der Waals surface area contributed by atoms with Gasteiger partial charge in [-0.1, -0.05) is 6.92 Å². The molecule has 2 N–H and O–H groups in total. The predicted molar refractivity (Wildman–Crippen MR) is 126 cm³/mol. The predicted octanol–water partition coefficient (Wildman–Crippen LogP) is 2.34. The molecule has 0 aliphatic carbocycles. The zero-order valence-electron chi connectivity index (χ0n) is 19.1. The fourth-order valence-corrected chi connectivity index (χ4v) is 4.35. The molecule has 0 saturated carbocycles. The molecule has 168 valence electrons. The van der Waals surface area contributed by atoms with Gasteiger partial charge in [-0.3, -0.25) is 19.5 Å². The number of piperazine rings is 1. The second kappa shape index (κ2) is 9.08. The van der Waals surface area contributed by atoms with Crippen molar-refractivity contribution in [2.75, 3.05) is 25.0 Å². The third kappa shape index (κ3) is 4.36. The molecule has 0 aromatic carbocycles. The lowest BCUT2D eigenvalue weighted by molar-refractivity contribution is 0.0958. The second-order valence-electron chi connectivity index (χ2n) is 8.51. The Hall–Kier alpha value is -3.26. The Bertz CT molecular complexity index is 1170. The van der Waals surface area contributed by atoms with Crippen LogP contribution in [0.5, 0.6) is 0 Å². The Kier molecular flexibility index (Phi) is 6.23. The first-order valence-corrected chi connectivity index (χ1v) is 11.1. The summed E-state index contributed by atoms with van der Waals surface area (Å²) in [4.78, 5) is 40.6. The summed E-state index contributed by atoms with van der Waals surface area (Å²) in [6, 6.07) is 8.26. The maximum absolute atomic E-state index is 12.2. The number of fused-ring (bicyclic) bond motifs is 1. The first-order chi connectivity index (χ1) is 15.4. The molecule has 1 amide bonds. The average Bonchev–Trinajstić information content (AvgIpc) is 2.80. The number of pyridine rings is 3.